The van der Waals surface area contributed by atoms with Crippen LogP contribution in [0.4, 0.5) is 0 Å². The summed E-state index contributed by atoms with van der Waals surface area (Å²) >= 11 is 0. The van der Waals surface area contributed by atoms with Gasteiger partial charge in [0.25, 0.3) is 0 Å². The second-order valence-electron chi connectivity index (χ2n) is 13.5. The quantitative estimate of drug-likeness (QED) is 0.179. The predicted octanol–water partition coefficient (Wildman–Crippen LogP) is 12.8. The maximum atomic E-state index is 7.03. The molecule has 48 heavy (non-hydrogen) atoms. The minimum Gasteiger partial charge on any atom is -0.455 e. The Morgan fingerprint density at radius 3 is 1.98 bits per heavy atom. The molecule has 0 fully saturated rings. The number of para-hydroxylation sites is 3. The van der Waals surface area contributed by atoms with Crippen molar-refractivity contribution in [2.75, 3.05) is 0 Å². The molecule has 0 spiro atoms. The van der Waals surface area contributed by atoms with E-state index in [4.69, 9.17) is 9.40 Å². The van der Waals surface area contributed by atoms with Crippen LogP contribution in [0.25, 0.3) is 82.7 Å². The van der Waals surface area contributed by atoms with Crippen LogP contribution in [-0.4, -0.2) is 9.55 Å². The molecule has 0 radical (unpaired) electrons. The van der Waals surface area contributed by atoms with Crippen LogP contribution >= 0.6 is 0 Å². The largest absolute Gasteiger partial charge is 0.455 e. The van der Waals surface area contributed by atoms with Crippen molar-refractivity contribution in [3.63, 3.8) is 0 Å². The van der Waals surface area contributed by atoms with E-state index < -0.39 is 0 Å². The van der Waals surface area contributed by atoms with Crippen LogP contribution < -0.4 is 0 Å². The lowest BCUT2D eigenvalue weighted by Gasteiger charge is -2.24. The van der Waals surface area contributed by atoms with Crippen molar-refractivity contribution in [1.29, 1.82) is 0 Å². The average molecular weight is 621 g/mol. The van der Waals surface area contributed by atoms with Gasteiger partial charge in [-0.25, -0.2) is 4.98 Å². The van der Waals surface area contributed by atoms with Gasteiger partial charge in [-0.05, 0) is 86.6 Å². The number of hydrogen-bond donors (Lipinski definition) is 0. The molecule has 0 amide bonds. The lowest BCUT2D eigenvalue weighted by Crippen LogP contribution is -2.09. The van der Waals surface area contributed by atoms with Gasteiger partial charge in [0.15, 0.2) is 0 Å². The monoisotopic (exact) mass is 620 g/mol. The van der Waals surface area contributed by atoms with Gasteiger partial charge in [0.05, 0.1) is 22.3 Å². The molecular weight excluding hydrogens is 585 g/mol. The molecule has 0 saturated heterocycles. The van der Waals surface area contributed by atoms with Gasteiger partial charge in [-0.3, -0.25) is 4.57 Å². The van der Waals surface area contributed by atoms with E-state index in [1.165, 1.54) is 44.1 Å². The second-order valence-corrected chi connectivity index (χ2v) is 13.5. The van der Waals surface area contributed by atoms with Crippen molar-refractivity contribution < 1.29 is 4.42 Å². The molecular formula is C45H36N2O. The third kappa shape index (κ3) is 4.31. The van der Waals surface area contributed by atoms with Crippen molar-refractivity contribution in [2.24, 2.45) is 0 Å². The van der Waals surface area contributed by atoms with E-state index in [2.05, 4.69) is 166 Å². The molecule has 9 rings (SSSR count). The number of benzene rings is 7. The molecule has 0 saturated carbocycles. The number of aromatic nitrogens is 2. The van der Waals surface area contributed by atoms with Crippen LogP contribution in [0.5, 0.6) is 0 Å². The molecule has 0 aliphatic heterocycles. The zero-order chi connectivity index (χ0) is 32.5. The van der Waals surface area contributed by atoms with Gasteiger partial charge in [0.2, 0.25) is 0 Å². The molecule has 0 bridgehead atoms. The molecule has 0 atom stereocenters. The van der Waals surface area contributed by atoms with Gasteiger partial charge in [-0.1, -0.05) is 125 Å². The number of fused-ring (bicyclic) bond motifs is 8. The maximum Gasteiger partial charge on any atom is 0.149 e. The Bertz CT molecular complexity index is 2640. The topological polar surface area (TPSA) is 31.0 Å². The fourth-order valence-corrected chi connectivity index (χ4v) is 7.57. The first kappa shape index (κ1) is 28.5. The molecule has 3 heteroatoms. The van der Waals surface area contributed by atoms with Gasteiger partial charge in [-0.15, -0.1) is 0 Å². The van der Waals surface area contributed by atoms with Crippen LogP contribution in [-0.2, 0) is 0 Å². The number of nitrogens with zero attached hydrogens (tertiary/aromatic N) is 2. The average Bonchev–Trinajstić information content (AvgIpc) is 3.70. The summed E-state index contributed by atoms with van der Waals surface area (Å²) in [5.74, 6) is 1.47. The molecule has 2 heterocycles. The summed E-state index contributed by atoms with van der Waals surface area (Å²) in [4.78, 5) is 5.38. The van der Waals surface area contributed by atoms with Crippen molar-refractivity contribution in [3.05, 3.63) is 145 Å². The number of hydrogen-bond acceptors (Lipinski definition) is 2. The summed E-state index contributed by atoms with van der Waals surface area (Å²) in [6.45, 7) is 9.19. The molecule has 0 aliphatic rings. The van der Waals surface area contributed by atoms with Gasteiger partial charge in [0.1, 0.15) is 17.0 Å². The van der Waals surface area contributed by atoms with Gasteiger partial charge in [-0.2, -0.15) is 0 Å². The molecule has 232 valence electrons. The van der Waals surface area contributed by atoms with E-state index in [9.17, 15) is 0 Å². The lowest BCUT2D eigenvalue weighted by atomic mass is 9.88. The lowest BCUT2D eigenvalue weighted by molar-refractivity contribution is 0.673. The minimum atomic E-state index is 0.289. The summed E-state index contributed by atoms with van der Waals surface area (Å²) in [6.07, 6.45) is 0. The van der Waals surface area contributed by atoms with Gasteiger partial charge < -0.3 is 4.42 Å². The SMILES string of the molecule is CC(C)c1cc(-c2ccccc2)cc(C(C)C)c1-n1c(-c2cccc3c2oc2c3ccc3ccc4ccccc4c32)nc2ccccc21. The van der Waals surface area contributed by atoms with Crippen molar-refractivity contribution >= 4 is 54.5 Å². The van der Waals surface area contributed by atoms with E-state index in [1.807, 2.05) is 0 Å². The smallest absolute Gasteiger partial charge is 0.149 e. The maximum absolute atomic E-state index is 7.03. The highest BCUT2D eigenvalue weighted by Gasteiger charge is 2.25. The molecule has 0 aliphatic carbocycles. The summed E-state index contributed by atoms with van der Waals surface area (Å²) in [5, 5.41) is 6.97. The highest BCUT2D eigenvalue weighted by atomic mass is 16.3. The Balaban J connectivity index is 1.38. The standard InChI is InChI=1S/C45H36N2O/c1-27(2)37-25-32(29-13-6-5-7-14-29)26-38(28(3)4)42(37)47-40-20-11-10-19-39(40)46-45(47)36-18-12-17-34-35-24-23-31-22-21-30-15-8-9-16-33(30)41(31)44(35)48-43(34)36/h5-28H,1-4H3. The minimum absolute atomic E-state index is 0.289. The van der Waals surface area contributed by atoms with Crippen molar-refractivity contribution in [2.45, 2.75) is 39.5 Å². The summed E-state index contributed by atoms with van der Waals surface area (Å²) in [6, 6.07) is 47.9. The van der Waals surface area contributed by atoms with Crippen LogP contribution in [0, 0.1) is 0 Å². The van der Waals surface area contributed by atoms with Crippen LogP contribution in [0.3, 0.4) is 0 Å². The highest BCUT2D eigenvalue weighted by molar-refractivity contribution is 6.23. The zero-order valence-corrected chi connectivity index (χ0v) is 27.7. The number of imidazole rings is 1. The first-order chi connectivity index (χ1) is 23.5. The van der Waals surface area contributed by atoms with Crippen molar-refractivity contribution in [3.8, 4) is 28.2 Å². The molecule has 0 N–H and O–H groups in total. The number of furan rings is 1. The summed E-state index contributed by atoms with van der Waals surface area (Å²) in [7, 11) is 0. The first-order valence-electron chi connectivity index (χ1n) is 16.9. The Morgan fingerprint density at radius 2 is 1.19 bits per heavy atom. The highest BCUT2D eigenvalue weighted by Crippen LogP contribution is 2.44. The van der Waals surface area contributed by atoms with E-state index >= 15 is 0 Å². The molecule has 0 unspecified atom stereocenters. The summed E-state index contributed by atoms with van der Waals surface area (Å²) in [5.41, 5.74) is 11.1. The summed E-state index contributed by atoms with van der Waals surface area (Å²) < 4.78 is 9.43. The molecule has 7 aromatic carbocycles. The van der Waals surface area contributed by atoms with Crippen LogP contribution in [0.1, 0.15) is 50.7 Å². The fourth-order valence-electron chi connectivity index (χ4n) is 7.57. The Kier molecular flexibility index (Phi) is 6.52. The first-order valence-corrected chi connectivity index (χ1v) is 16.9. The van der Waals surface area contributed by atoms with Gasteiger partial charge in [0, 0.05) is 16.2 Å². The fraction of sp³-hybridized carbons (Fsp3) is 0.133. The van der Waals surface area contributed by atoms with Crippen LogP contribution in [0.2, 0.25) is 0 Å². The van der Waals surface area contributed by atoms with Crippen molar-refractivity contribution in [1.82, 2.24) is 9.55 Å². The molecule has 3 nitrogen and oxygen atoms in total. The number of rotatable bonds is 5. The third-order valence-corrected chi connectivity index (χ3v) is 9.92. The predicted molar refractivity (Wildman–Crippen MR) is 202 cm³/mol. The van der Waals surface area contributed by atoms with E-state index in [0.717, 1.165) is 49.7 Å². The van der Waals surface area contributed by atoms with E-state index in [-0.39, 0.29) is 11.8 Å². The van der Waals surface area contributed by atoms with E-state index in [1.54, 1.807) is 0 Å². The van der Waals surface area contributed by atoms with Gasteiger partial charge >= 0.3 is 0 Å². The normalized spacial score (nSPS) is 12.1. The molecule has 2 aromatic heterocycles. The zero-order valence-electron chi connectivity index (χ0n) is 27.7. The Morgan fingerprint density at radius 1 is 0.542 bits per heavy atom. The van der Waals surface area contributed by atoms with Crippen LogP contribution in [0.15, 0.2) is 138 Å². The second kappa shape index (κ2) is 11.0. The molecule has 9 aromatic rings. The Labute approximate surface area is 280 Å². The van der Waals surface area contributed by atoms with E-state index in [0.29, 0.717) is 0 Å². The Hall–Kier alpha value is -5.67. The third-order valence-electron chi connectivity index (χ3n) is 9.92.